The highest BCUT2D eigenvalue weighted by Gasteiger charge is 2.32. The van der Waals surface area contributed by atoms with Crippen LogP contribution in [-0.2, 0) is 0 Å². The molecule has 1 aromatic carbocycles. The Kier molecular flexibility index (Phi) is 4.68. The van der Waals surface area contributed by atoms with Crippen molar-refractivity contribution < 1.29 is 23.0 Å². The van der Waals surface area contributed by atoms with Crippen molar-refractivity contribution in [3.8, 4) is 5.75 Å². The van der Waals surface area contributed by atoms with E-state index in [9.17, 15) is 18.3 Å². The molecule has 0 radical (unpaired) electrons. The highest BCUT2D eigenvalue weighted by molar-refractivity contribution is 5.47. The van der Waals surface area contributed by atoms with Crippen molar-refractivity contribution in [2.45, 2.75) is 38.8 Å². The minimum absolute atomic E-state index is 0.334. The van der Waals surface area contributed by atoms with Gasteiger partial charge in [-0.15, -0.1) is 13.2 Å². The van der Waals surface area contributed by atoms with E-state index in [0.29, 0.717) is 22.9 Å². The predicted octanol–water partition coefficient (Wildman–Crippen LogP) is 3.26. The summed E-state index contributed by atoms with van der Waals surface area (Å²) < 4.78 is 42.4. The molecule has 0 bridgehead atoms. The second-order valence-electron chi connectivity index (χ2n) is 6.60. The summed E-state index contributed by atoms with van der Waals surface area (Å²) in [7, 11) is 0. The van der Waals surface area contributed by atoms with E-state index in [0.717, 1.165) is 0 Å². The fourth-order valence-electron chi connectivity index (χ4n) is 2.71. The summed E-state index contributed by atoms with van der Waals surface area (Å²) in [4.78, 5) is 8.29. The van der Waals surface area contributed by atoms with Crippen molar-refractivity contribution in [1.29, 1.82) is 0 Å². The zero-order valence-corrected chi connectivity index (χ0v) is 14.8. The van der Waals surface area contributed by atoms with Gasteiger partial charge < -0.3 is 15.2 Å². The Morgan fingerprint density at radius 1 is 1.19 bits per heavy atom. The first-order chi connectivity index (χ1) is 12.5. The molecule has 0 aliphatic heterocycles. The number of aryl methyl sites for hydroxylation is 1. The quantitative estimate of drug-likeness (QED) is 0.706. The van der Waals surface area contributed by atoms with Crippen molar-refractivity contribution >= 4 is 11.6 Å². The number of nitrogens with zero attached hydrogens (tertiary/aromatic N) is 4. The highest BCUT2D eigenvalue weighted by atomic mass is 19.4. The van der Waals surface area contributed by atoms with Crippen LogP contribution in [-0.4, -0.2) is 36.7 Å². The highest BCUT2D eigenvalue weighted by Crippen LogP contribution is 2.32. The lowest BCUT2D eigenvalue weighted by Crippen LogP contribution is -2.35. The van der Waals surface area contributed by atoms with E-state index in [1.165, 1.54) is 35.1 Å². The van der Waals surface area contributed by atoms with E-state index in [1.807, 2.05) is 0 Å². The van der Waals surface area contributed by atoms with Crippen LogP contribution in [0.25, 0.3) is 5.78 Å². The summed E-state index contributed by atoms with van der Waals surface area (Å²) >= 11 is 0. The molecule has 0 aliphatic carbocycles. The molecule has 3 rings (SSSR count). The van der Waals surface area contributed by atoms with Crippen molar-refractivity contribution in [2.75, 3.05) is 5.32 Å². The number of anilines is 1. The summed E-state index contributed by atoms with van der Waals surface area (Å²) in [5.41, 5.74) is 0.0254. The third-order valence-electron chi connectivity index (χ3n) is 3.83. The van der Waals surface area contributed by atoms with Gasteiger partial charge in [-0.2, -0.15) is 14.6 Å². The standard InChI is InChI=1S/C17H18F3N5O2/c1-10-8-13(25-15(23-10)21-9-22-25)24-14(16(2,3)26)11-4-6-12(7-5-11)27-17(18,19)20/h4-9,14,24,26H,1-3H3. The number of aliphatic hydroxyl groups is 1. The fourth-order valence-corrected chi connectivity index (χ4v) is 2.71. The molecule has 1 atom stereocenters. The van der Waals surface area contributed by atoms with Crippen LogP contribution in [0.1, 0.15) is 31.1 Å². The maximum absolute atomic E-state index is 12.3. The number of ether oxygens (including phenoxy) is 1. The molecule has 27 heavy (non-hydrogen) atoms. The topological polar surface area (TPSA) is 84.6 Å². The molecule has 0 spiro atoms. The molecule has 0 fully saturated rings. The van der Waals surface area contributed by atoms with Crippen LogP contribution in [0.15, 0.2) is 36.7 Å². The molecule has 2 aromatic heterocycles. The first-order valence-electron chi connectivity index (χ1n) is 8.05. The number of halogens is 3. The summed E-state index contributed by atoms with van der Waals surface area (Å²) in [5.74, 6) is 0.595. The molecule has 2 N–H and O–H groups in total. The zero-order valence-electron chi connectivity index (χ0n) is 14.8. The lowest BCUT2D eigenvalue weighted by Gasteiger charge is -2.31. The van der Waals surface area contributed by atoms with Gasteiger partial charge in [-0.3, -0.25) is 0 Å². The number of nitrogens with one attached hydrogen (secondary N) is 1. The molecular weight excluding hydrogens is 363 g/mol. The monoisotopic (exact) mass is 381 g/mol. The van der Waals surface area contributed by atoms with Crippen molar-refractivity contribution in [2.24, 2.45) is 0 Å². The number of hydrogen-bond acceptors (Lipinski definition) is 6. The van der Waals surface area contributed by atoms with Crippen LogP contribution in [0.4, 0.5) is 19.0 Å². The van der Waals surface area contributed by atoms with Gasteiger partial charge in [0.1, 0.15) is 17.9 Å². The molecule has 1 unspecified atom stereocenters. The summed E-state index contributed by atoms with van der Waals surface area (Å²) in [5, 5.41) is 17.9. The Bertz CT molecular complexity index is 932. The maximum atomic E-state index is 12.3. The van der Waals surface area contributed by atoms with Crippen LogP contribution < -0.4 is 10.1 Å². The second kappa shape index (κ2) is 6.69. The van der Waals surface area contributed by atoms with E-state index in [-0.39, 0.29) is 5.75 Å². The summed E-state index contributed by atoms with van der Waals surface area (Å²) in [6.45, 7) is 4.98. The van der Waals surface area contributed by atoms with Crippen LogP contribution in [0, 0.1) is 6.92 Å². The van der Waals surface area contributed by atoms with Crippen molar-refractivity contribution in [1.82, 2.24) is 19.6 Å². The zero-order chi connectivity index (χ0) is 19.8. The molecule has 3 aromatic rings. The third-order valence-corrected chi connectivity index (χ3v) is 3.83. The van der Waals surface area contributed by atoms with E-state index in [1.54, 1.807) is 26.8 Å². The van der Waals surface area contributed by atoms with Gasteiger partial charge >= 0.3 is 6.36 Å². The van der Waals surface area contributed by atoms with Crippen LogP contribution in [0.5, 0.6) is 5.75 Å². The smallest absolute Gasteiger partial charge is 0.406 e. The lowest BCUT2D eigenvalue weighted by atomic mass is 9.92. The van der Waals surface area contributed by atoms with Gasteiger partial charge in [0.25, 0.3) is 5.78 Å². The number of fused-ring (bicyclic) bond motifs is 1. The van der Waals surface area contributed by atoms with E-state index in [4.69, 9.17) is 0 Å². The average molecular weight is 381 g/mol. The largest absolute Gasteiger partial charge is 0.573 e. The number of benzene rings is 1. The normalized spacial score (nSPS) is 13.6. The first kappa shape index (κ1) is 18.9. The van der Waals surface area contributed by atoms with E-state index in [2.05, 4.69) is 25.1 Å². The lowest BCUT2D eigenvalue weighted by molar-refractivity contribution is -0.274. The van der Waals surface area contributed by atoms with Gasteiger partial charge in [0.05, 0.1) is 11.6 Å². The third kappa shape index (κ3) is 4.45. The van der Waals surface area contributed by atoms with Crippen molar-refractivity contribution in [3.63, 3.8) is 0 Å². The van der Waals surface area contributed by atoms with Crippen LogP contribution in [0.3, 0.4) is 0 Å². The Labute approximate surface area is 152 Å². The van der Waals surface area contributed by atoms with Gasteiger partial charge in [-0.05, 0) is 38.5 Å². The Balaban J connectivity index is 1.94. The van der Waals surface area contributed by atoms with Gasteiger partial charge in [-0.25, -0.2) is 4.98 Å². The molecule has 0 amide bonds. The first-order valence-corrected chi connectivity index (χ1v) is 8.05. The molecule has 0 saturated carbocycles. The minimum Gasteiger partial charge on any atom is -0.406 e. The number of alkyl halides is 3. The van der Waals surface area contributed by atoms with Gasteiger partial charge in [0.2, 0.25) is 0 Å². The second-order valence-corrected chi connectivity index (χ2v) is 6.60. The average Bonchev–Trinajstić information content (AvgIpc) is 2.99. The Morgan fingerprint density at radius 3 is 2.44 bits per heavy atom. The molecule has 7 nitrogen and oxygen atoms in total. The van der Waals surface area contributed by atoms with Gasteiger partial charge in [0.15, 0.2) is 0 Å². The maximum Gasteiger partial charge on any atom is 0.573 e. The summed E-state index contributed by atoms with van der Waals surface area (Å²) in [6, 6.07) is 6.42. The molecule has 2 heterocycles. The number of aromatic nitrogens is 4. The Morgan fingerprint density at radius 2 is 1.85 bits per heavy atom. The van der Waals surface area contributed by atoms with Crippen molar-refractivity contribution in [3.05, 3.63) is 47.9 Å². The molecule has 0 saturated heterocycles. The fraction of sp³-hybridized carbons (Fsp3) is 0.353. The summed E-state index contributed by atoms with van der Waals surface area (Å²) in [6.07, 6.45) is -3.40. The van der Waals surface area contributed by atoms with Crippen LogP contribution in [0.2, 0.25) is 0 Å². The van der Waals surface area contributed by atoms with E-state index < -0.39 is 18.0 Å². The van der Waals surface area contributed by atoms with Crippen LogP contribution >= 0.6 is 0 Å². The number of hydrogen-bond donors (Lipinski definition) is 2. The molecule has 0 aliphatic rings. The Hall–Kier alpha value is -2.88. The molecule has 144 valence electrons. The minimum atomic E-state index is -4.76. The van der Waals surface area contributed by atoms with Gasteiger partial charge in [0, 0.05) is 11.8 Å². The van der Waals surface area contributed by atoms with E-state index >= 15 is 0 Å². The molecule has 10 heteroatoms. The number of rotatable bonds is 5. The molecular formula is C17H18F3N5O2. The SMILES string of the molecule is Cc1cc(NC(c2ccc(OC(F)(F)F)cc2)C(C)(C)O)n2ncnc2n1. The predicted molar refractivity (Wildman–Crippen MR) is 91.3 cm³/mol. The van der Waals surface area contributed by atoms with Gasteiger partial charge in [-0.1, -0.05) is 12.1 Å².